The van der Waals surface area contributed by atoms with Crippen LogP contribution in [-0.2, 0) is 11.3 Å². The Hall–Kier alpha value is -2.17. The second-order valence-corrected chi connectivity index (χ2v) is 7.07. The summed E-state index contributed by atoms with van der Waals surface area (Å²) in [6.45, 7) is 7.04. The Kier molecular flexibility index (Phi) is 5.51. The highest BCUT2D eigenvalue weighted by Gasteiger charge is 2.30. The molecule has 1 aliphatic rings. The maximum Gasteiger partial charge on any atom is 0.248 e. The largest absolute Gasteiger partial charge is 0.367 e. The Morgan fingerprint density at radius 2 is 1.80 bits per heavy atom. The maximum atomic E-state index is 11.2. The monoisotopic (exact) mass is 338 g/mol. The predicted molar refractivity (Wildman–Crippen MR) is 99.1 cm³/mol. The molecule has 0 unspecified atom stereocenters. The van der Waals surface area contributed by atoms with Crippen LogP contribution in [0.25, 0.3) is 0 Å². The molecule has 1 aliphatic heterocycles. The van der Waals surface area contributed by atoms with Crippen LogP contribution in [0.1, 0.15) is 41.4 Å². The van der Waals surface area contributed by atoms with Crippen LogP contribution in [0.15, 0.2) is 54.6 Å². The Morgan fingerprint density at radius 1 is 1.12 bits per heavy atom. The van der Waals surface area contributed by atoms with Gasteiger partial charge in [-0.25, -0.2) is 0 Å². The first-order valence-electron chi connectivity index (χ1n) is 8.84. The maximum absolute atomic E-state index is 11.2. The van der Waals surface area contributed by atoms with Gasteiger partial charge in [0.1, 0.15) is 0 Å². The van der Waals surface area contributed by atoms with Gasteiger partial charge in [0.2, 0.25) is 5.91 Å². The topological polar surface area (TPSA) is 55.6 Å². The molecule has 0 aliphatic carbocycles. The van der Waals surface area contributed by atoms with Crippen LogP contribution in [0.4, 0.5) is 0 Å². The number of nitrogens with two attached hydrogens (primary N) is 1. The van der Waals surface area contributed by atoms with Gasteiger partial charge in [-0.05, 0) is 29.2 Å². The van der Waals surface area contributed by atoms with E-state index < -0.39 is 0 Å². The van der Waals surface area contributed by atoms with Crippen molar-refractivity contribution in [3.8, 4) is 0 Å². The number of amides is 1. The number of hydrogen-bond acceptors (Lipinski definition) is 3. The van der Waals surface area contributed by atoms with Crippen LogP contribution in [0, 0.1) is 5.92 Å². The first kappa shape index (κ1) is 17.6. The highest BCUT2D eigenvalue weighted by atomic mass is 16.5. The first-order chi connectivity index (χ1) is 12.0. The lowest BCUT2D eigenvalue weighted by Gasteiger charge is -2.40. The zero-order chi connectivity index (χ0) is 17.8. The van der Waals surface area contributed by atoms with Gasteiger partial charge in [-0.15, -0.1) is 0 Å². The zero-order valence-electron chi connectivity index (χ0n) is 14.9. The number of ether oxygens (including phenoxy) is 1. The highest BCUT2D eigenvalue weighted by molar-refractivity contribution is 5.92. The SMILES string of the molecule is CC(C)[C@H]1CN(Cc2ccc(C(N)=O)cc2)C[C@@H](c2ccccc2)O1. The van der Waals surface area contributed by atoms with Crippen molar-refractivity contribution in [2.24, 2.45) is 11.7 Å². The van der Waals surface area contributed by atoms with Gasteiger partial charge in [0.25, 0.3) is 0 Å². The van der Waals surface area contributed by atoms with Crippen molar-refractivity contribution < 1.29 is 9.53 Å². The van der Waals surface area contributed by atoms with Crippen molar-refractivity contribution in [1.29, 1.82) is 0 Å². The van der Waals surface area contributed by atoms with Crippen molar-refractivity contribution in [2.45, 2.75) is 32.6 Å². The molecule has 2 N–H and O–H groups in total. The molecule has 1 fully saturated rings. The average Bonchev–Trinajstić information content (AvgIpc) is 2.62. The number of morpholine rings is 1. The predicted octanol–water partition coefficient (Wildman–Crippen LogP) is 3.38. The number of carbonyl (C=O) groups excluding carboxylic acids is 1. The molecule has 2 atom stereocenters. The summed E-state index contributed by atoms with van der Waals surface area (Å²) in [5.74, 6) is 0.0770. The second kappa shape index (κ2) is 7.81. The lowest BCUT2D eigenvalue weighted by molar-refractivity contribution is -0.107. The van der Waals surface area contributed by atoms with E-state index in [-0.39, 0.29) is 18.1 Å². The third kappa shape index (κ3) is 4.47. The fraction of sp³-hybridized carbons (Fsp3) is 0.381. The fourth-order valence-electron chi connectivity index (χ4n) is 3.24. The lowest BCUT2D eigenvalue weighted by Crippen LogP contribution is -2.45. The number of rotatable bonds is 5. The number of nitrogens with zero attached hydrogens (tertiary/aromatic N) is 1. The van der Waals surface area contributed by atoms with Gasteiger partial charge in [0.05, 0.1) is 12.2 Å². The summed E-state index contributed by atoms with van der Waals surface area (Å²) in [7, 11) is 0. The smallest absolute Gasteiger partial charge is 0.248 e. The first-order valence-corrected chi connectivity index (χ1v) is 8.84. The molecule has 1 saturated heterocycles. The molecule has 132 valence electrons. The van der Waals surface area contributed by atoms with Crippen LogP contribution in [0.3, 0.4) is 0 Å². The van der Waals surface area contributed by atoms with Crippen molar-refractivity contribution in [1.82, 2.24) is 4.90 Å². The van der Waals surface area contributed by atoms with Crippen molar-refractivity contribution in [2.75, 3.05) is 13.1 Å². The standard InChI is InChI=1S/C21H26N2O2/c1-15(2)19-13-23(12-16-8-10-18(11-9-16)21(22)24)14-20(25-19)17-6-4-3-5-7-17/h3-11,15,19-20H,12-14H2,1-2H3,(H2,22,24)/t19-,20+/m1/s1. The van der Waals surface area contributed by atoms with E-state index in [1.807, 2.05) is 18.2 Å². The quantitative estimate of drug-likeness (QED) is 0.909. The van der Waals surface area contributed by atoms with Crippen LogP contribution < -0.4 is 5.73 Å². The molecule has 4 nitrogen and oxygen atoms in total. The number of carbonyl (C=O) groups is 1. The zero-order valence-corrected chi connectivity index (χ0v) is 14.9. The van der Waals surface area contributed by atoms with Crippen LogP contribution >= 0.6 is 0 Å². The average molecular weight is 338 g/mol. The summed E-state index contributed by atoms with van der Waals surface area (Å²) in [6, 6.07) is 18.0. The van der Waals surface area contributed by atoms with Crippen LogP contribution in [-0.4, -0.2) is 30.0 Å². The molecule has 2 aromatic rings. The van der Waals surface area contributed by atoms with E-state index in [1.165, 1.54) is 11.1 Å². The minimum atomic E-state index is -0.387. The van der Waals surface area contributed by atoms with Crippen molar-refractivity contribution >= 4 is 5.91 Å². The molecular weight excluding hydrogens is 312 g/mol. The van der Waals surface area contributed by atoms with Gasteiger partial charge in [0.15, 0.2) is 0 Å². The molecule has 4 heteroatoms. The van der Waals surface area contributed by atoms with E-state index in [0.717, 1.165) is 19.6 Å². The molecule has 0 spiro atoms. The molecule has 0 aromatic heterocycles. The lowest BCUT2D eigenvalue weighted by atomic mass is 10.0. The summed E-state index contributed by atoms with van der Waals surface area (Å²) in [6.07, 6.45) is 0.302. The van der Waals surface area contributed by atoms with Gasteiger partial charge >= 0.3 is 0 Å². The Bertz CT molecular complexity index is 698. The summed E-state index contributed by atoms with van der Waals surface area (Å²) in [5, 5.41) is 0. The molecule has 1 amide bonds. The fourth-order valence-corrected chi connectivity index (χ4v) is 3.24. The van der Waals surface area contributed by atoms with E-state index in [0.29, 0.717) is 11.5 Å². The second-order valence-electron chi connectivity index (χ2n) is 7.07. The van der Waals surface area contributed by atoms with Gasteiger partial charge in [-0.3, -0.25) is 9.69 Å². The van der Waals surface area contributed by atoms with Gasteiger partial charge in [-0.2, -0.15) is 0 Å². The molecule has 3 rings (SSSR count). The normalized spacial score (nSPS) is 21.4. The summed E-state index contributed by atoms with van der Waals surface area (Å²) in [5.41, 5.74) is 8.27. The summed E-state index contributed by atoms with van der Waals surface area (Å²) >= 11 is 0. The number of hydrogen-bond donors (Lipinski definition) is 1. The summed E-state index contributed by atoms with van der Waals surface area (Å²) < 4.78 is 6.35. The summed E-state index contributed by atoms with van der Waals surface area (Å²) in [4.78, 5) is 13.7. The minimum Gasteiger partial charge on any atom is -0.367 e. The molecule has 0 bridgehead atoms. The van der Waals surface area contributed by atoms with E-state index in [9.17, 15) is 4.79 Å². The van der Waals surface area contributed by atoms with Gasteiger partial charge in [0, 0.05) is 25.2 Å². The minimum absolute atomic E-state index is 0.0900. The molecule has 0 saturated carbocycles. The van der Waals surface area contributed by atoms with Crippen molar-refractivity contribution in [3.05, 3.63) is 71.3 Å². The number of primary amides is 1. The Labute approximate surface area is 149 Å². The van der Waals surface area contributed by atoms with Gasteiger partial charge in [-0.1, -0.05) is 56.3 Å². The van der Waals surface area contributed by atoms with Crippen LogP contribution in [0.5, 0.6) is 0 Å². The third-order valence-electron chi connectivity index (χ3n) is 4.76. The third-order valence-corrected chi connectivity index (χ3v) is 4.76. The van der Waals surface area contributed by atoms with Crippen molar-refractivity contribution in [3.63, 3.8) is 0 Å². The van der Waals surface area contributed by atoms with Crippen LogP contribution in [0.2, 0.25) is 0 Å². The van der Waals surface area contributed by atoms with E-state index in [2.05, 4.69) is 43.0 Å². The number of benzene rings is 2. The highest BCUT2D eigenvalue weighted by Crippen LogP contribution is 2.29. The Balaban J connectivity index is 1.74. The van der Waals surface area contributed by atoms with E-state index >= 15 is 0 Å². The molecule has 2 aromatic carbocycles. The molecule has 0 radical (unpaired) electrons. The molecular formula is C21H26N2O2. The van der Waals surface area contributed by atoms with Gasteiger partial charge < -0.3 is 10.5 Å². The van der Waals surface area contributed by atoms with E-state index in [4.69, 9.17) is 10.5 Å². The van der Waals surface area contributed by atoms with E-state index in [1.54, 1.807) is 12.1 Å². The Morgan fingerprint density at radius 3 is 2.40 bits per heavy atom. The molecule has 1 heterocycles. The molecule has 25 heavy (non-hydrogen) atoms.